The smallest absolute Gasteiger partial charge is 0.257 e. The van der Waals surface area contributed by atoms with Gasteiger partial charge in [-0.3, -0.25) is 24.3 Å². The average Bonchev–Trinajstić information content (AvgIpc) is 2.80. The molecule has 4 heterocycles. The number of likely N-dealkylation sites (tertiary alicyclic amines) is 1. The third-order valence-electron chi connectivity index (χ3n) is 5.75. The van der Waals surface area contributed by atoms with Crippen LogP contribution in [0.3, 0.4) is 0 Å². The number of carbonyl (C=O) groups excluding carboxylic acids is 1. The van der Waals surface area contributed by atoms with Crippen molar-refractivity contribution in [2.45, 2.75) is 31.2 Å². The second-order valence-corrected chi connectivity index (χ2v) is 8.07. The van der Waals surface area contributed by atoms with Crippen molar-refractivity contribution in [3.63, 3.8) is 0 Å². The number of pyridine rings is 3. The van der Waals surface area contributed by atoms with Crippen LogP contribution < -0.4 is 21.2 Å². The lowest BCUT2D eigenvalue weighted by molar-refractivity contribution is -0.125. The number of anilines is 1. The average molecular weight is 471 g/mol. The number of alkyl halides is 2. The molecule has 0 saturated carbocycles. The summed E-state index contributed by atoms with van der Waals surface area (Å²) in [5, 5.41) is 2.68. The number of rotatable bonds is 6. The molecule has 0 aromatic carbocycles. The third-order valence-corrected chi connectivity index (χ3v) is 5.75. The molecule has 3 aromatic heterocycles. The molecule has 34 heavy (non-hydrogen) atoms. The summed E-state index contributed by atoms with van der Waals surface area (Å²) in [6, 6.07) is 9.53. The largest absolute Gasteiger partial charge is 0.439 e. The molecule has 178 valence electrons. The monoisotopic (exact) mass is 471 g/mol. The van der Waals surface area contributed by atoms with Crippen LogP contribution in [0.4, 0.5) is 14.6 Å². The summed E-state index contributed by atoms with van der Waals surface area (Å²) in [6.07, 6.45) is 2.29. The number of amides is 1. The summed E-state index contributed by atoms with van der Waals surface area (Å²) in [6.45, 7) is 1.66. The lowest BCUT2D eigenvalue weighted by Gasteiger charge is -2.40. The molecule has 1 fully saturated rings. The first-order chi connectivity index (χ1) is 16.2. The minimum atomic E-state index is -2.95. The van der Waals surface area contributed by atoms with E-state index in [0.29, 0.717) is 11.3 Å². The van der Waals surface area contributed by atoms with Gasteiger partial charge in [0.2, 0.25) is 11.5 Å². The maximum Gasteiger partial charge on any atom is 0.257 e. The van der Waals surface area contributed by atoms with E-state index in [1.807, 2.05) is 0 Å². The zero-order chi connectivity index (χ0) is 24.3. The number of hydrogen-bond donors (Lipinski definition) is 3. The SMILES string of the molecule is CC(C(=O)Nc1ccc(Oc2cccc(=O)[nH]2)cn1)N1CCC(F)(F)[C@@H](c2ccc(=O)[nH]c2)C1. The molecule has 1 amide bonds. The highest BCUT2D eigenvalue weighted by molar-refractivity contribution is 5.93. The van der Waals surface area contributed by atoms with Crippen molar-refractivity contribution in [3.05, 3.63) is 81.1 Å². The Kier molecular flexibility index (Phi) is 6.55. The standard InChI is InChI=1S/C23H23F2N5O4/c1-14(30-10-9-23(24,25)17(13-30)15-5-8-19(31)27-11-15)22(33)28-18-7-6-16(12-26-18)34-21-4-2-3-20(32)29-21/h2-8,11-12,14,17H,9-10,13H2,1H3,(H,27,31)(H,29,32)(H,26,28,33)/t14?,17-/m1/s1. The van der Waals surface area contributed by atoms with Gasteiger partial charge < -0.3 is 15.0 Å². The van der Waals surface area contributed by atoms with Crippen molar-refractivity contribution < 1.29 is 18.3 Å². The Morgan fingerprint density at radius 1 is 1.21 bits per heavy atom. The highest BCUT2D eigenvalue weighted by Crippen LogP contribution is 2.40. The van der Waals surface area contributed by atoms with Crippen LogP contribution in [0.25, 0.3) is 0 Å². The minimum Gasteiger partial charge on any atom is -0.439 e. The van der Waals surface area contributed by atoms with Crippen molar-refractivity contribution in [3.8, 4) is 11.6 Å². The number of aromatic amines is 2. The number of ether oxygens (including phenoxy) is 1. The van der Waals surface area contributed by atoms with Gasteiger partial charge in [0.1, 0.15) is 11.6 Å². The first kappa shape index (κ1) is 23.3. The Labute approximate surface area is 192 Å². The van der Waals surface area contributed by atoms with Crippen LogP contribution >= 0.6 is 0 Å². The summed E-state index contributed by atoms with van der Waals surface area (Å²) >= 11 is 0. The lowest BCUT2D eigenvalue weighted by Crippen LogP contribution is -2.52. The van der Waals surface area contributed by atoms with Crippen LogP contribution in [0.15, 0.2) is 64.4 Å². The predicted octanol–water partition coefficient (Wildman–Crippen LogP) is 2.70. The second kappa shape index (κ2) is 9.56. The zero-order valence-electron chi connectivity index (χ0n) is 18.3. The number of carbonyl (C=O) groups is 1. The number of halogens is 2. The van der Waals surface area contributed by atoms with Crippen LogP contribution in [0.1, 0.15) is 24.8 Å². The molecular formula is C23H23F2N5O4. The maximum absolute atomic E-state index is 14.6. The molecule has 0 radical (unpaired) electrons. The van der Waals surface area contributed by atoms with Gasteiger partial charge in [0, 0.05) is 37.8 Å². The van der Waals surface area contributed by atoms with Gasteiger partial charge in [-0.05, 0) is 30.7 Å². The number of piperidine rings is 1. The topological polar surface area (TPSA) is 120 Å². The normalized spacial score (nSPS) is 18.7. The Bertz CT molecular complexity index is 1250. The molecule has 3 N–H and O–H groups in total. The third kappa shape index (κ3) is 5.37. The summed E-state index contributed by atoms with van der Waals surface area (Å²) in [5.41, 5.74) is -0.353. The van der Waals surface area contributed by atoms with E-state index in [0.717, 1.165) is 0 Å². The highest BCUT2D eigenvalue weighted by atomic mass is 19.3. The first-order valence-electron chi connectivity index (χ1n) is 10.7. The summed E-state index contributed by atoms with van der Waals surface area (Å²) in [5.74, 6) is -3.61. The number of nitrogens with one attached hydrogen (secondary N) is 3. The van der Waals surface area contributed by atoms with E-state index < -0.39 is 24.3 Å². The van der Waals surface area contributed by atoms with Crippen LogP contribution in [0.2, 0.25) is 0 Å². The highest BCUT2D eigenvalue weighted by Gasteiger charge is 2.46. The molecule has 0 bridgehead atoms. The Morgan fingerprint density at radius 3 is 2.71 bits per heavy atom. The fraction of sp³-hybridized carbons (Fsp3) is 0.304. The molecule has 1 aliphatic rings. The molecule has 1 aliphatic heterocycles. The van der Waals surface area contributed by atoms with E-state index in [2.05, 4.69) is 20.3 Å². The lowest BCUT2D eigenvalue weighted by atomic mass is 9.87. The summed E-state index contributed by atoms with van der Waals surface area (Å²) in [4.78, 5) is 46.2. The van der Waals surface area contributed by atoms with E-state index in [4.69, 9.17) is 4.74 Å². The van der Waals surface area contributed by atoms with Gasteiger partial charge in [0.05, 0.1) is 18.2 Å². The molecule has 0 spiro atoms. The molecule has 11 heteroatoms. The van der Waals surface area contributed by atoms with Crippen LogP contribution in [0, 0.1) is 0 Å². The van der Waals surface area contributed by atoms with Crippen LogP contribution in [0.5, 0.6) is 11.6 Å². The molecule has 0 aliphatic carbocycles. The minimum absolute atomic E-state index is 0.0386. The van der Waals surface area contributed by atoms with Gasteiger partial charge in [0.15, 0.2) is 5.88 Å². The van der Waals surface area contributed by atoms with Crippen LogP contribution in [-0.4, -0.2) is 50.8 Å². The van der Waals surface area contributed by atoms with E-state index in [9.17, 15) is 23.2 Å². The number of hydrogen-bond acceptors (Lipinski definition) is 6. The van der Waals surface area contributed by atoms with E-state index in [-0.39, 0.29) is 41.8 Å². The van der Waals surface area contributed by atoms with Crippen molar-refractivity contribution in [1.29, 1.82) is 0 Å². The van der Waals surface area contributed by atoms with Crippen molar-refractivity contribution >= 4 is 11.7 Å². The van der Waals surface area contributed by atoms with Crippen molar-refractivity contribution in [2.24, 2.45) is 0 Å². The van der Waals surface area contributed by atoms with Gasteiger partial charge >= 0.3 is 0 Å². The second-order valence-electron chi connectivity index (χ2n) is 8.07. The number of aromatic nitrogens is 3. The molecule has 1 unspecified atom stereocenters. The zero-order valence-corrected chi connectivity index (χ0v) is 18.3. The fourth-order valence-corrected chi connectivity index (χ4v) is 3.79. The molecule has 9 nitrogen and oxygen atoms in total. The molecule has 1 saturated heterocycles. The van der Waals surface area contributed by atoms with Gasteiger partial charge in [-0.25, -0.2) is 13.8 Å². The summed E-state index contributed by atoms with van der Waals surface area (Å²) in [7, 11) is 0. The van der Waals surface area contributed by atoms with Crippen molar-refractivity contribution in [1.82, 2.24) is 19.9 Å². The molecule has 4 rings (SSSR count). The van der Waals surface area contributed by atoms with E-state index in [1.165, 1.54) is 36.7 Å². The maximum atomic E-state index is 14.6. The molecule has 2 atom stereocenters. The summed E-state index contributed by atoms with van der Waals surface area (Å²) < 4.78 is 34.7. The van der Waals surface area contributed by atoms with Crippen LogP contribution in [-0.2, 0) is 4.79 Å². The molecule has 3 aromatic rings. The predicted molar refractivity (Wildman–Crippen MR) is 120 cm³/mol. The van der Waals surface area contributed by atoms with Gasteiger partial charge in [-0.1, -0.05) is 12.1 Å². The van der Waals surface area contributed by atoms with Crippen molar-refractivity contribution in [2.75, 3.05) is 18.4 Å². The van der Waals surface area contributed by atoms with Gasteiger partial charge in [-0.2, -0.15) is 0 Å². The number of nitrogens with zero attached hydrogens (tertiary/aromatic N) is 2. The molecular weight excluding hydrogens is 448 g/mol. The Hall–Kier alpha value is -3.86. The number of H-pyrrole nitrogens is 2. The van der Waals surface area contributed by atoms with Gasteiger partial charge in [0.25, 0.3) is 11.5 Å². The Balaban J connectivity index is 1.39. The Morgan fingerprint density at radius 2 is 2.03 bits per heavy atom. The fourth-order valence-electron chi connectivity index (χ4n) is 3.79. The van der Waals surface area contributed by atoms with E-state index in [1.54, 1.807) is 30.0 Å². The van der Waals surface area contributed by atoms with E-state index >= 15 is 0 Å². The first-order valence-corrected chi connectivity index (χ1v) is 10.7. The quantitative estimate of drug-likeness (QED) is 0.509. The van der Waals surface area contributed by atoms with Gasteiger partial charge in [-0.15, -0.1) is 0 Å².